The number of halogens is 4. The molecule has 33 heavy (non-hydrogen) atoms. The van der Waals surface area contributed by atoms with Gasteiger partial charge in [0, 0.05) is 41.2 Å². The van der Waals surface area contributed by atoms with Gasteiger partial charge in [-0.15, -0.1) is 0 Å². The summed E-state index contributed by atoms with van der Waals surface area (Å²) in [5, 5.41) is 3.23. The van der Waals surface area contributed by atoms with Crippen LogP contribution < -0.4 is 4.90 Å². The molecule has 4 aromatic rings. The Morgan fingerprint density at radius 1 is 1.27 bits per heavy atom. The Kier molecular flexibility index (Phi) is 4.19. The lowest BCUT2D eigenvalue weighted by Gasteiger charge is -2.18. The number of aromatic nitrogens is 3. The molecule has 6 nitrogen and oxygen atoms in total. The number of nitrogens with zero attached hydrogens (tertiary/aromatic N) is 4. The second-order valence-corrected chi connectivity index (χ2v) is 8.19. The fourth-order valence-corrected chi connectivity index (χ4v) is 4.06. The molecule has 2 aromatic carbocycles. The van der Waals surface area contributed by atoms with Crippen LogP contribution >= 0.6 is 11.6 Å². The van der Waals surface area contributed by atoms with Crippen molar-refractivity contribution in [3.8, 4) is 5.69 Å². The molecule has 1 aliphatic rings. The van der Waals surface area contributed by atoms with E-state index in [1.807, 2.05) is 0 Å². The molecule has 10 heteroatoms. The van der Waals surface area contributed by atoms with Crippen molar-refractivity contribution in [2.75, 3.05) is 11.9 Å². The van der Waals surface area contributed by atoms with Gasteiger partial charge in [0.1, 0.15) is 5.52 Å². The first-order chi connectivity index (χ1) is 16.8. The van der Waals surface area contributed by atoms with E-state index < -0.39 is 29.8 Å². The van der Waals surface area contributed by atoms with Crippen LogP contribution in [-0.4, -0.2) is 27.6 Å². The molecule has 1 saturated carbocycles. The Morgan fingerprint density at radius 2 is 2.06 bits per heavy atom. The van der Waals surface area contributed by atoms with Gasteiger partial charge in [0.05, 0.1) is 16.4 Å². The standard InChI is InChI=1S/C23H18ClF3N4O2/c1-12-28-17-9-8-15(11-18(17)33-12)30(2)22(32)14-4-3-5-16(10-14)31-20(13-6-7-13)19(24)21(29-31)23(25,26)27/h3-5,8-11,13H,6-7H2,1-2H3/i2D3. The van der Waals surface area contributed by atoms with Crippen molar-refractivity contribution in [3.63, 3.8) is 0 Å². The van der Waals surface area contributed by atoms with Crippen LogP contribution in [0.3, 0.4) is 0 Å². The number of aryl methyl sites for hydroxylation is 1. The highest BCUT2D eigenvalue weighted by atomic mass is 35.5. The van der Waals surface area contributed by atoms with Crippen LogP contribution in [0, 0.1) is 6.92 Å². The predicted molar refractivity (Wildman–Crippen MR) is 117 cm³/mol. The molecule has 2 heterocycles. The highest BCUT2D eigenvalue weighted by Crippen LogP contribution is 2.47. The number of anilines is 1. The number of hydrogen-bond donors (Lipinski definition) is 0. The van der Waals surface area contributed by atoms with Crippen LogP contribution in [0.5, 0.6) is 0 Å². The largest absolute Gasteiger partial charge is 0.441 e. The quantitative estimate of drug-likeness (QED) is 0.354. The molecule has 5 rings (SSSR count). The Bertz CT molecular complexity index is 1490. The molecule has 1 fully saturated rings. The van der Waals surface area contributed by atoms with Crippen molar-refractivity contribution in [2.45, 2.75) is 31.9 Å². The van der Waals surface area contributed by atoms with Gasteiger partial charge < -0.3 is 9.32 Å². The third-order valence-electron chi connectivity index (χ3n) is 5.37. The third kappa shape index (κ3) is 3.86. The van der Waals surface area contributed by atoms with E-state index in [1.165, 1.54) is 42.5 Å². The number of oxazole rings is 1. The lowest BCUT2D eigenvalue weighted by molar-refractivity contribution is -0.141. The van der Waals surface area contributed by atoms with Gasteiger partial charge in [0.2, 0.25) is 0 Å². The fourth-order valence-electron chi connectivity index (χ4n) is 3.68. The highest BCUT2D eigenvalue weighted by molar-refractivity contribution is 6.32. The summed E-state index contributed by atoms with van der Waals surface area (Å²) < 4.78 is 70.9. The average Bonchev–Trinajstić information content (AvgIpc) is 3.45. The van der Waals surface area contributed by atoms with Gasteiger partial charge >= 0.3 is 6.18 Å². The third-order valence-corrected chi connectivity index (χ3v) is 5.74. The van der Waals surface area contributed by atoms with Crippen molar-refractivity contribution < 1.29 is 26.5 Å². The van der Waals surface area contributed by atoms with E-state index in [0.29, 0.717) is 34.7 Å². The molecule has 1 aliphatic carbocycles. The molecule has 0 bridgehead atoms. The van der Waals surface area contributed by atoms with Gasteiger partial charge in [-0.1, -0.05) is 17.7 Å². The van der Waals surface area contributed by atoms with Crippen LogP contribution in [0.25, 0.3) is 16.8 Å². The maximum Gasteiger partial charge on any atom is 0.436 e. The topological polar surface area (TPSA) is 64.2 Å². The van der Waals surface area contributed by atoms with Crippen LogP contribution in [0.4, 0.5) is 18.9 Å². The molecule has 0 spiro atoms. The summed E-state index contributed by atoms with van der Waals surface area (Å²) in [6.07, 6.45) is -3.43. The molecule has 0 atom stereocenters. The highest BCUT2D eigenvalue weighted by Gasteiger charge is 2.42. The second-order valence-electron chi connectivity index (χ2n) is 7.81. The van der Waals surface area contributed by atoms with Crippen LogP contribution in [0.1, 0.15) is 50.5 Å². The van der Waals surface area contributed by atoms with Crippen molar-refractivity contribution >= 4 is 34.3 Å². The van der Waals surface area contributed by atoms with Crippen molar-refractivity contribution in [2.24, 2.45) is 0 Å². The van der Waals surface area contributed by atoms with Gasteiger partial charge in [-0.2, -0.15) is 18.3 Å². The molecule has 0 saturated heterocycles. The minimum Gasteiger partial charge on any atom is -0.441 e. The molecule has 0 aliphatic heterocycles. The van der Waals surface area contributed by atoms with Crippen molar-refractivity contribution in [1.82, 2.24) is 14.8 Å². The van der Waals surface area contributed by atoms with Crippen LogP contribution in [0.2, 0.25) is 5.02 Å². The first-order valence-electron chi connectivity index (χ1n) is 11.5. The number of carbonyl (C=O) groups excluding carboxylic acids is 1. The first kappa shape index (κ1) is 18.1. The van der Waals surface area contributed by atoms with E-state index in [9.17, 15) is 18.0 Å². The molecule has 0 unspecified atom stereocenters. The summed E-state index contributed by atoms with van der Waals surface area (Å²) in [5.41, 5.74) is -0.0314. The van der Waals surface area contributed by atoms with E-state index in [2.05, 4.69) is 10.1 Å². The minimum atomic E-state index is -4.75. The van der Waals surface area contributed by atoms with Gasteiger partial charge in [-0.25, -0.2) is 9.67 Å². The number of rotatable bonds is 4. The zero-order valence-electron chi connectivity index (χ0n) is 20.2. The van der Waals surface area contributed by atoms with Gasteiger partial charge in [-0.05, 0) is 43.2 Å². The summed E-state index contributed by atoms with van der Waals surface area (Å²) >= 11 is 6.07. The number of hydrogen-bond acceptors (Lipinski definition) is 4. The molecule has 0 radical (unpaired) electrons. The fraction of sp³-hybridized carbons (Fsp3) is 0.261. The molecule has 170 valence electrons. The average molecular weight is 478 g/mol. The Morgan fingerprint density at radius 3 is 2.76 bits per heavy atom. The lowest BCUT2D eigenvalue weighted by Crippen LogP contribution is -2.26. The smallest absolute Gasteiger partial charge is 0.436 e. The molecule has 1 amide bonds. The molecular formula is C23H18ClF3N4O2. The van der Waals surface area contributed by atoms with Crippen molar-refractivity contribution in [1.29, 1.82) is 0 Å². The van der Waals surface area contributed by atoms with E-state index >= 15 is 0 Å². The molecule has 2 aromatic heterocycles. The van der Waals surface area contributed by atoms with Crippen LogP contribution in [0.15, 0.2) is 46.9 Å². The predicted octanol–water partition coefficient (Wildman–Crippen LogP) is 6.15. The minimum absolute atomic E-state index is 0.0502. The Balaban J connectivity index is 1.58. The summed E-state index contributed by atoms with van der Waals surface area (Å²) in [7, 11) is 0. The summed E-state index contributed by atoms with van der Waals surface area (Å²) in [5.74, 6) is -0.685. The van der Waals surface area contributed by atoms with Gasteiger partial charge in [0.15, 0.2) is 17.2 Å². The first-order valence-corrected chi connectivity index (χ1v) is 10.4. The zero-order valence-corrected chi connectivity index (χ0v) is 17.9. The lowest BCUT2D eigenvalue weighted by atomic mass is 10.1. The van der Waals surface area contributed by atoms with E-state index in [0.717, 1.165) is 4.68 Å². The number of carbonyl (C=O) groups is 1. The number of fused-ring (bicyclic) bond motifs is 1. The monoisotopic (exact) mass is 477 g/mol. The molecular weight excluding hydrogens is 457 g/mol. The number of alkyl halides is 3. The molecule has 0 N–H and O–H groups in total. The zero-order chi connectivity index (χ0) is 26.0. The number of amides is 1. The van der Waals surface area contributed by atoms with E-state index in [4.69, 9.17) is 20.1 Å². The van der Waals surface area contributed by atoms with E-state index in [-0.39, 0.29) is 28.6 Å². The van der Waals surface area contributed by atoms with Gasteiger partial charge in [-0.3, -0.25) is 4.79 Å². The SMILES string of the molecule is [2H]C([2H])([2H])N(C(=O)c1cccc(-n2nc(C(F)(F)F)c(Cl)c2C2CC2)c1)c1ccc2nc(C)oc2c1. The Labute approximate surface area is 195 Å². The number of benzene rings is 2. The van der Waals surface area contributed by atoms with Crippen molar-refractivity contribution in [3.05, 3.63) is 70.3 Å². The normalized spacial score (nSPS) is 15.8. The summed E-state index contributed by atoms with van der Waals surface area (Å²) in [4.78, 5) is 18.3. The van der Waals surface area contributed by atoms with Gasteiger partial charge in [0.25, 0.3) is 5.91 Å². The maximum absolute atomic E-state index is 13.5. The van der Waals surface area contributed by atoms with Crippen LogP contribution in [-0.2, 0) is 6.18 Å². The maximum atomic E-state index is 13.5. The van der Waals surface area contributed by atoms with E-state index in [1.54, 1.807) is 6.92 Å². The summed E-state index contributed by atoms with van der Waals surface area (Å²) in [6.45, 7) is -1.23. The summed E-state index contributed by atoms with van der Waals surface area (Å²) in [6, 6.07) is 9.99. The second kappa shape index (κ2) is 7.62. The Hall–Kier alpha value is -3.33.